The highest BCUT2D eigenvalue weighted by Gasteiger charge is 2.46. The summed E-state index contributed by atoms with van der Waals surface area (Å²) in [5.41, 5.74) is 0.359. The molecule has 0 radical (unpaired) electrons. The van der Waals surface area contributed by atoms with Crippen molar-refractivity contribution in [3.05, 3.63) is 23.8 Å². The molecule has 0 bridgehead atoms. The second-order valence-electron chi connectivity index (χ2n) is 6.59. The molecule has 21 heavy (non-hydrogen) atoms. The van der Waals surface area contributed by atoms with E-state index in [4.69, 9.17) is 14.6 Å². The summed E-state index contributed by atoms with van der Waals surface area (Å²) < 4.78 is 11.4. The van der Waals surface area contributed by atoms with Gasteiger partial charge in [-0.2, -0.15) is 0 Å². The quantitative estimate of drug-likeness (QED) is 0.892. The van der Waals surface area contributed by atoms with Crippen LogP contribution in [0.25, 0.3) is 0 Å². The molecule has 1 aromatic carbocycles. The Morgan fingerprint density at radius 1 is 1.38 bits per heavy atom. The van der Waals surface area contributed by atoms with Crippen LogP contribution >= 0.6 is 0 Å². The number of aromatic carboxylic acids is 1. The van der Waals surface area contributed by atoms with Crippen molar-refractivity contribution in [3.8, 4) is 5.75 Å². The number of nitrogens with one attached hydrogen (secondary N) is 1. The molecule has 1 heterocycles. The van der Waals surface area contributed by atoms with Crippen molar-refractivity contribution in [2.45, 2.75) is 51.4 Å². The fourth-order valence-corrected chi connectivity index (χ4v) is 2.93. The molecule has 5 heteroatoms. The number of benzene rings is 1. The van der Waals surface area contributed by atoms with Gasteiger partial charge >= 0.3 is 5.97 Å². The number of carboxylic acids is 1. The number of carboxylic acid groups (broad SMARTS) is 1. The monoisotopic (exact) mass is 293 g/mol. The van der Waals surface area contributed by atoms with Gasteiger partial charge in [-0.3, -0.25) is 0 Å². The van der Waals surface area contributed by atoms with Gasteiger partial charge in [0.15, 0.2) is 0 Å². The lowest BCUT2D eigenvalue weighted by Crippen LogP contribution is -2.38. The van der Waals surface area contributed by atoms with Crippen LogP contribution < -0.4 is 10.1 Å². The van der Waals surface area contributed by atoms with E-state index in [1.807, 2.05) is 13.8 Å². The first-order valence-corrected chi connectivity index (χ1v) is 7.03. The van der Waals surface area contributed by atoms with Crippen LogP contribution in [-0.2, 0) is 4.74 Å². The summed E-state index contributed by atoms with van der Waals surface area (Å²) in [5, 5.41) is 12.5. The Morgan fingerprint density at radius 2 is 2.05 bits per heavy atom. The predicted molar refractivity (Wildman–Crippen MR) is 81.2 cm³/mol. The Kier molecular flexibility index (Phi) is 3.89. The minimum absolute atomic E-state index is 0.0745. The highest BCUT2D eigenvalue weighted by Crippen LogP contribution is 2.40. The molecule has 1 saturated heterocycles. The first kappa shape index (κ1) is 15.6. The molecular weight excluding hydrogens is 270 g/mol. The fourth-order valence-electron chi connectivity index (χ4n) is 2.93. The molecule has 0 saturated carbocycles. The lowest BCUT2D eigenvalue weighted by atomic mass is 9.94. The maximum absolute atomic E-state index is 11.1. The van der Waals surface area contributed by atoms with Gasteiger partial charge in [0.1, 0.15) is 5.75 Å². The smallest absolute Gasteiger partial charge is 0.335 e. The first-order valence-electron chi connectivity index (χ1n) is 7.03. The highest BCUT2D eigenvalue weighted by molar-refractivity contribution is 5.89. The molecule has 1 atom stereocenters. The van der Waals surface area contributed by atoms with Gasteiger partial charge in [0.05, 0.1) is 35.6 Å². The van der Waals surface area contributed by atoms with Gasteiger partial charge in [-0.1, -0.05) is 0 Å². The summed E-state index contributed by atoms with van der Waals surface area (Å²) in [4.78, 5) is 11.1. The van der Waals surface area contributed by atoms with Crippen molar-refractivity contribution in [2.75, 3.05) is 12.4 Å². The third kappa shape index (κ3) is 3.29. The largest absolute Gasteiger partial charge is 0.495 e. The minimum atomic E-state index is -0.956. The molecule has 1 fully saturated rings. The Labute approximate surface area is 125 Å². The van der Waals surface area contributed by atoms with Gasteiger partial charge in [0, 0.05) is 0 Å². The minimum Gasteiger partial charge on any atom is -0.495 e. The molecule has 2 N–H and O–H groups in total. The zero-order valence-electron chi connectivity index (χ0n) is 13.2. The van der Waals surface area contributed by atoms with Crippen LogP contribution in [0.4, 0.5) is 5.69 Å². The van der Waals surface area contributed by atoms with Crippen molar-refractivity contribution >= 4 is 11.7 Å². The van der Waals surface area contributed by atoms with Gasteiger partial charge in [0.2, 0.25) is 0 Å². The van der Waals surface area contributed by atoms with Gasteiger partial charge in [-0.15, -0.1) is 0 Å². The second-order valence-corrected chi connectivity index (χ2v) is 6.59. The van der Waals surface area contributed by atoms with Crippen molar-refractivity contribution in [1.82, 2.24) is 0 Å². The van der Waals surface area contributed by atoms with Crippen molar-refractivity contribution < 1.29 is 19.4 Å². The van der Waals surface area contributed by atoms with E-state index in [0.29, 0.717) is 11.4 Å². The molecule has 1 aromatic rings. The van der Waals surface area contributed by atoms with Crippen LogP contribution in [0.15, 0.2) is 18.2 Å². The number of hydrogen-bond donors (Lipinski definition) is 2. The molecule has 0 aliphatic carbocycles. The van der Waals surface area contributed by atoms with Crippen LogP contribution in [0.2, 0.25) is 0 Å². The molecule has 1 aliphatic heterocycles. The SMILES string of the molecule is COc1ccc(C(=O)O)cc1NC1CC(C)(C)OC1(C)C. The van der Waals surface area contributed by atoms with Crippen LogP contribution in [-0.4, -0.2) is 35.4 Å². The average molecular weight is 293 g/mol. The van der Waals surface area contributed by atoms with Gasteiger partial charge < -0.3 is 19.9 Å². The van der Waals surface area contributed by atoms with E-state index in [1.165, 1.54) is 6.07 Å². The molecule has 116 valence electrons. The van der Waals surface area contributed by atoms with Gasteiger partial charge in [0.25, 0.3) is 0 Å². The van der Waals surface area contributed by atoms with E-state index in [2.05, 4.69) is 19.2 Å². The number of anilines is 1. The lowest BCUT2D eigenvalue weighted by molar-refractivity contribution is -0.0662. The third-order valence-electron chi connectivity index (χ3n) is 3.85. The Balaban J connectivity index is 2.30. The molecule has 1 unspecified atom stereocenters. The topological polar surface area (TPSA) is 67.8 Å². The van der Waals surface area contributed by atoms with E-state index >= 15 is 0 Å². The molecule has 1 aliphatic rings. The molecule has 0 spiro atoms. The fraction of sp³-hybridized carbons (Fsp3) is 0.562. The van der Waals surface area contributed by atoms with Crippen LogP contribution in [0.3, 0.4) is 0 Å². The van der Waals surface area contributed by atoms with E-state index in [0.717, 1.165) is 6.42 Å². The summed E-state index contributed by atoms with van der Waals surface area (Å²) in [5.74, 6) is -0.330. The van der Waals surface area contributed by atoms with Crippen LogP contribution in [0.5, 0.6) is 5.75 Å². The maximum atomic E-state index is 11.1. The molecule has 5 nitrogen and oxygen atoms in total. The number of carbonyl (C=O) groups is 1. The van der Waals surface area contributed by atoms with Crippen LogP contribution in [0, 0.1) is 0 Å². The number of hydrogen-bond acceptors (Lipinski definition) is 4. The van der Waals surface area contributed by atoms with Crippen molar-refractivity contribution in [2.24, 2.45) is 0 Å². The Morgan fingerprint density at radius 3 is 2.52 bits per heavy atom. The third-order valence-corrected chi connectivity index (χ3v) is 3.85. The zero-order valence-corrected chi connectivity index (χ0v) is 13.2. The number of methoxy groups -OCH3 is 1. The first-order chi connectivity index (χ1) is 9.64. The maximum Gasteiger partial charge on any atom is 0.335 e. The van der Waals surface area contributed by atoms with Crippen molar-refractivity contribution in [3.63, 3.8) is 0 Å². The molecule has 0 aromatic heterocycles. The second kappa shape index (κ2) is 5.22. The van der Waals surface area contributed by atoms with Crippen LogP contribution in [0.1, 0.15) is 44.5 Å². The standard InChI is InChI=1S/C16H23NO4/c1-15(2)9-13(16(3,4)21-15)17-11-8-10(14(18)19)6-7-12(11)20-5/h6-8,13,17H,9H2,1-5H3,(H,18,19). The van der Waals surface area contributed by atoms with E-state index in [9.17, 15) is 4.79 Å². The summed E-state index contributed by atoms with van der Waals surface area (Å²) >= 11 is 0. The molecule has 2 rings (SSSR count). The number of rotatable bonds is 4. The molecule has 0 amide bonds. The van der Waals surface area contributed by atoms with Crippen molar-refractivity contribution in [1.29, 1.82) is 0 Å². The highest BCUT2D eigenvalue weighted by atomic mass is 16.5. The summed E-state index contributed by atoms with van der Waals surface area (Å²) in [7, 11) is 1.57. The summed E-state index contributed by atoms with van der Waals surface area (Å²) in [6.45, 7) is 8.18. The van der Waals surface area contributed by atoms with E-state index in [-0.39, 0.29) is 22.8 Å². The summed E-state index contributed by atoms with van der Waals surface area (Å²) in [6.07, 6.45) is 0.834. The number of ether oxygens (including phenoxy) is 2. The Bertz CT molecular complexity index is 551. The Hall–Kier alpha value is -1.75. The van der Waals surface area contributed by atoms with Gasteiger partial charge in [-0.25, -0.2) is 4.79 Å². The van der Waals surface area contributed by atoms with Gasteiger partial charge in [-0.05, 0) is 52.3 Å². The van der Waals surface area contributed by atoms with E-state index in [1.54, 1.807) is 19.2 Å². The van der Waals surface area contributed by atoms with E-state index < -0.39 is 5.97 Å². The average Bonchev–Trinajstić information content (AvgIpc) is 2.56. The lowest BCUT2D eigenvalue weighted by Gasteiger charge is -2.28. The molecular formula is C16H23NO4. The summed E-state index contributed by atoms with van der Waals surface area (Å²) in [6, 6.07) is 4.87. The predicted octanol–water partition coefficient (Wildman–Crippen LogP) is 3.15. The normalized spacial score (nSPS) is 22.8. The zero-order chi connectivity index (χ0) is 15.8.